The first kappa shape index (κ1) is 12.8. The monoisotopic (exact) mass is 253 g/mol. The number of nitrogens with two attached hydrogens (primary N) is 1. The fourth-order valence-corrected chi connectivity index (χ4v) is 1.61. The van der Waals surface area contributed by atoms with Gasteiger partial charge in [-0.05, 0) is 29.8 Å². The normalized spacial score (nSPS) is 9.89. The van der Waals surface area contributed by atoms with Gasteiger partial charge in [0, 0.05) is 23.4 Å². The van der Waals surface area contributed by atoms with Crippen molar-refractivity contribution >= 4 is 17.9 Å². The number of anilines is 1. The van der Waals surface area contributed by atoms with E-state index in [9.17, 15) is 9.59 Å². The zero-order valence-electron chi connectivity index (χ0n) is 10.2. The fourth-order valence-electron chi connectivity index (χ4n) is 1.61. The molecule has 0 heterocycles. The maximum Gasteiger partial charge on any atom is 0.251 e. The SMILES string of the molecule is Nc1ccc(CNC(=O)c2ccc([C]=O)cc2)cc1. The van der Waals surface area contributed by atoms with E-state index in [1.165, 1.54) is 0 Å². The second kappa shape index (κ2) is 5.82. The van der Waals surface area contributed by atoms with Crippen LogP contribution in [0.3, 0.4) is 0 Å². The third-order valence-electron chi connectivity index (χ3n) is 2.70. The molecule has 4 nitrogen and oxygen atoms in total. The maximum atomic E-state index is 11.9. The highest BCUT2D eigenvalue weighted by Gasteiger charge is 2.05. The summed E-state index contributed by atoms with van der Waals surface area (Å²) >= 11 is 0. The molecule has 3 N–H and O–H groups in total. The predicted molar refractivity (Wildman–Crippen MR) is 73.3 cm³/mol. The van der Waals surface area contributed by atoms with Crippen LogP contribution >= 0.6 is 0 Å². The van der Waals surface area contributed by atoms with Crippen molar-refractivity contribution in [2.75, 3.05) is 5.73 Å². The quantitative estimate of drug-likeness (QED) is 0.814. The molecule has 2 aromatic carbocycles. The van der Waals surface area contributed by atoms with Crippen molar-refractivity contribution in [3.05, 3.63) is 65.2 Å². The smallest absolute Gasteiger partial charge is 0.251 e. The summed E-state index contributed by atoms with van der Waals surface area (Å²) in [5, 5.41) is 2.79. The molecule has 0 bridgehead atoms. The molecular formula is C15H13N2O2. The number of hydrogen-bond acceptors (Lipinski definition) is 3. The van der Waals surface area contributed by atoms with Gasteiger partial charge in [-0.1, -0.05) is 24.3 Å². The van der Waals surface area contributed by atoms with Crippen LogP contribution in [0.4, 0.5) is 5.69 Å². The van der Waals surface area contributed by atoms with Gasteiger partial charge in [0.05, 0.1) is 0 Å². The Morgan fingerprint density at radius 1 is 1.05 bits per heavy atom. The minimum atomic E-state index is -0.186. The molecule has 0 atom stereocenters. The second-order valence-electron chi connectivity index (χ2n) is 4.10. The van der Waals surface area contributed by atoms with Gasteiger partial charge in [-0.2, -0.15) is 0 Å². The first-order chi connectivity index (χ1) is 9.19. The zero-order chi connectivity index (χ0) is 13.7. The summed E-state index contributed by atoms with van der Waals surface area (Å²) in [6, 6.07) is 13.6. The van der Waals surface area contributed by atoms with Gasteiger partial charge in [0.15, 0.2) is 0 Å². The molecule has 4 heteroatoms. The molecule has 0 fully saturated rings. The minimum Gasteiger partial charge on any atom is -0.399 e. The second-order valence-corrected chi connectivity index (χ2v) is 4.10. The van der Waals surface area contributed by atoms with Gasteiger partial charge in [-0.15, -0.1) is 0 Å². The van der Waals surface area contributed by atoms with Crippen LogP contribution in [0.1, 0.15) is 21.5 Å². The number of carbonyl (C=O) groups excluding carboxylic acids is 2. The lowest BCUT2D eigenvalue weighted by Crippen LogP contribution is -2.22. The Hall–Kier alpha value is -2.62. The van der Waals surface area contributed by atoms with Crippen molar-refractivity contribution in [2.24, 2.45) is 0 Å². The number of amides is 1. The van der Waals surface area contributed by atoms with Crippen molar-refractivity contribution in [3.8, 4) is 0 Å². The molecule has 0 spiro atoms. The standard InChI is InChI=1S/C15H13N2O2/c16-14-7-3-11(4-8-14)9-17-15(19)13-5-1-12(10-18)2-6-13/h1-8H,9,16H2,(H,17,19). The van der Waals surface area contributed by atoms with Crippen LogP contribution in [0.2, 0.25) is 0 Å². The number of nitrogens with one attached hydrogen (secondary N) is 1. The molecule has 2 rings (SSSR count). The van der Waals surface area contributed by atoms with Gasteiger partial charge < -0.3 is 11.1 Å². The van der Waals surface area contributed by atoms with Crippen LogP contribution in [0, 0.1) is 0 Å². The molecule has 1 amide bonds. The van der Waals surface area contributed by atoms with Crippen molar-refractivity contribution in [1.29, 1.82) is 0 Å². The molecule has 2 aromatic rings. The molecule has 1 radical (unpaired) electrons. The van der Waals surface area contributed by atoms with E-state index in [2.05, 4.69) is 5.32 Å². The maximum absolute atomic E-state index is 11.9. The number of hydrogen-bond donors (Lipinski definition) is 2. The van der Waals surface area contributed by atoms with E-state index in [1.54, 1.807) is 42.7 Å². The third kappa shape index (κ3) is 3.42. The van der Waals surface area contributed by atoms with Crippen LogP contribution < -0.4 is 11.1 Å². The van der Waals surface area contributed by atoms with Crippen molar-refractivity contribution in [2.45, 2.75) is 6.54 Å². The van der Waals surface area contributed by atoms with Gasteiger partial charge in [-0.3, -0.25) is 9.59 Å². The van der Waals surface area contributed by atoms with Crippen LogP contribution in [0.15, 0.2) is 48.5 Å². The highest BCUT2D eigenvalue weighted by atomic mass is 16.1. The summed E-state index contributed by atoms with van der Waals surface area (Å²) in [6.07, 6.45) is 1.76. The van der Waals surface area contributed by atoms with Crippen LogP contribution in [0.25, 0.3) is 0 Å². The van der Waals surface area contributed by atoms with Gasteiger partial charge in [0.1, 0.15) is 0 Å². The Kier molecular flexibility index (Phi) is 3.93. The first-order valence-corrected chi connectivity index (χ1v) is 5.80. The highest BCUT2D eigenvalue weighted by molar-refractivity contribution is 5.94. The minimum absolute atomic E-state index is 0.186. The topological polar surface area (TPSA) is 72.2 Å². The molecular weight excluding hydrogens is 240 g/mol. The molecule has 0 aliphatic heterocycles. The zero-order valence-corrected chi connectivity index (χ0v) is 10.2. The van der Waals surface area contributed by atoms with E-state index in [4.69, 9.17) is 5.73 Å². The first-order valence-electron chi connectivity index (χ1n) is 5.80. The van der Waals surface area contributed by atoms with E-state index in [0.717, 1.165) is 5.56 Å². The van der Waals surface area contributed by atoms with Gasteiger partial charge in [0.25, 0.3) is 5.91 Å². The molecule has 0 aromatic heterocycles. The van der Waals surface area contributed by atoms with Crippen LogP contribution in [-0.4, -0.2) is 12.2 Å². The Morgan fingerprint density at radius 2 is 1.68 bits per heavy atom. The summed E-state index contributed by atoms with van der Waals surface area (Å²) in [5.41, 5.74) is 8.18. The van der Waals surface area contributed by atoms with Crippen molar-refractivity contribution < 1.29 is 9.59 Å². The molecule has 0 aliphatic rings. The number of nitrogen functional groups attached to an aromatic ring is 1. The number of rotatable bonds is 4. The largest absolute Gasteiger partial charge is 0.399 e. The van der Waals surface area contributed by atoms with E-state index in [0.29, 0.717) is 23.4 Å². The summed E-state index contributed by atoms with van der Waals surface area (Å²) in [5.74, 6) is -0.186. The number of benzene rings is 2. The van der Waals surface area contributed by atoms with Gasteiger partial charge >= 0.3 is 0 Å². The molecule has 95 valence electrons. The molecule has 0 unspecified atom stereocenters. The van der Waals surface area contributed by atoms with Crippen molar-refractivity contribution in [3.63, 3.8) is 0 Å². The molecule has 19 heavy (non-hydrogen) atoms. The lowest BCUT2D eigenvalue weighted by Gasteiger charge is -2.05. The van der Waals surface area contributed by atoms with E-state index in [-0.39, 0.29) is 5.91 Å². The highest BCUT2D eigenvalue weighted by Crippen LogP contribution is 2.06. The third-order valence-corrected chi connectivity index (χ3v) is 2.70. The van der Waals surface area contributed by atoms with Crippen LogP contribution in [0.5, 0.6) is 0 Å². The van der Waals surface area contributed by atoms with E-state index in [1.807, 2.05) is 12.1 Å². The summed E-state index contributed by atoms with van der Waals surface area (Å²) in [4.78, 5) is 22.2. The molecule has 0 aliphatic carbocycles. The average Bonchev–Trinajstić information content (AvgIpc) is 2.46. The van der Waals surface area contributed by atoms with Gasteiger partial charge in [0.2, 0.25) is 6.29 Å². The Balaban J connectivity index is 1.96. The Morgan fingerprint density at radius 3 is 2.26 bits per heavy atom. The van der Waals surface area contributed by atoms with E-state index < -0.39 is 0 Å². The van der Waals surface area contributed by atoms with Crippen LogP contribution in [-0.2, 0) is 11.3 Å². The summed E-state index contributed by atoms with van der Waals surface area (Å²) in [6.45, 7) is 0.431. The lowest BCUT2D eigenvalue weighted by atomic mass is 10.1. The summed E-state index contributed by atoms with van der Waals surface area (Å²) in [7, 11) is 0. The van der Waals surface area contributed by atoms with E-state index >= 15 is 0 Å². The Labute approximate surface area is 111 Å². The molecule has 0 saturated carbocycles. The summed E-state index contributed by atoms with van der Waals surface area (Å²) < 4.78 is 0. The Bertz CT molecular complexity index is 574. The fraction of sp³-hybridized carbons (Fsp3) is 0.0667. The molecule has 0 saturated heterocycles. The lowest BCUT2D eigenvalue weighted by molar-refractivity contribution is 0.0951. The predicted octanol–water partition coefficient (Wildman–Crippen LogP) is 1.66. The van der Waals surface area contributed by atoms with Crippen molar-refractivity contribution in [1.82, 2.24) is 5.32 Å². The van der Waals surface area contributed by atoms with Gasteiger partial charge in [-0.25, -0.2) is 0 Å². The number of carbonyl (C=O) groups is 1. The average molecular weight is 253 g/mol.